The molecule has 0 radical (unpaired) electrons. The van der Waals surface area contributed by atoms with Gasteiger partial charge in [0.2, 0.25) is 0 Å². The monoisotopic (exact) mass is 272 g/mol. The van der Waals surface area contributed by atoms with Gasteiger partial charge in [-0.15, -0.1) is 22.7 Å². The average Bonchev–Trinajstić information content (AvgIpc) is 2.89. The molecule has 0 aliphatic rings. The Bertz CT molecular complexity index is 425. The Kier molecular flexibility index (Phi) is 4.35. The molecule has 0 fully saturated rings. The zero-order valence-corrected chi connectivity index (χ0v) is 11.3. The molecule has 0 bridgehead atoms. The van der Waals surface area contributed by atoms with Crippen molar-refractivity contribution in [1.29, 1.82) is 0 Å². The summed E-state index contributed by atoms with van der Waals surface area (Å²) in [7, 11) is 0. The number of nitrogens with zero attached hydrogens (tertiary/aromatic N) is 1. The standard InChI is InChI=1S/C11H13ClN2S2/c1-8(10-2-3-11(12)16-10)13-5-4-9-6-15-7-14-9/h2-3,6-8,13H,4-5H2,1H3. The van der Waals surface area contributed by atoms with E-state index in [4.69, 9.17) is 11.6 Å². The summed E-state index contributed by atoms with van der Waals surface area (Å²) >= 11 is 9.18. The molecular formula is C11H13ClN2S2. The Balaban J connectivity index is 1.78. The Hall–Kier alpha value is -0.420. The average molecular weight is 273 g/mol. The second-order valence-corrected chi connectivity index (χ2v) is 6.01. The molecular weight excluding hydrogens is 260 g/mol. The van der Waals surface area contributed by atoms with Gasteiger partial charge in [-0.2, -0.15) is 0 Å². The fourth-order valence-electron chi connectivity index (χ4n) is 1.44. The topological polar surface area (TPSA) is 24.9 Å². The quantitative estimate of drug-likeness (QED) is 0.897. The molecule has 0 aliphatic heterocycles. The molecule has 86 valence electrons. The lowest BCUT2D eigenvalue weighted by molar-refractivity contribution is 0.582. The number of halogens is 1. The summed E-state index contributed by atoms with van der Waals surface area (Å²) in [5, 5.41) is 5.56. The number of nitrogens with one attached hydrogen (secondary N) is 1. The molecule has 0 aliphatic carbocycles. The highest BCUT2D eigenvalue weighted by molar-refractivity contribution is 7.16. The fraction of sp³-hybridized carbons (Fsp3) is 0.364. The molecule has 2 aromatic rings. The highest BCUT2D eigenvalue weighted by Gasteiger charge is 2.07. The summed E-state index contributed by atoms with van der Waals surface area (Å²) < 4.78 is 0.850. The van der Waals surface area contributed by atoms with Crippen molar-refractivity contribution in [3.8, 4) is 0 Å². The van der Waals surface area contributed by atoms with Crippen molar-refractivity contribution in [2.24, 2.45) is 0 Å². The highest BCUT2D eigenvalue weighted by atomic mass is 35.5. The van der Waals surface area contributed by atoms with Crippen LogP contribution in [0.4, 0.5) is 0 Å². The zero-order chi connectivity index (χ0) is 11.4. The zero-order valence-electron chi connectivity index (χ0n) is 8.94. The Labute approximate surface area is 108 Å². The van der Waals surface area contributed by atoms with E-state index < -0.39 is 0 Å². The second-order valence-electron chi connectivity index (χ2n) is 3.55. The minimum absolute atomic E-state index is 0.358. The molecule has 2 heterocycles. The SMILES string of the molecule is CC(NCCc1cscn1)c1ccc(Cl)s1. The number of hydrogen-bond acceptors (Lipinski definition) is 4. The maximum atomic E-state index is 5.90. The van der Waals surface area contributed by atoms with Crippen LogP contribution in [0.1, 0.15) is 23.5 Å². The maximum Gasteiger partial charge on any atom is 0.0931 e. The van der Waals surface area contributed by atoms with Crippen molar-refractivity contribution in [3.63, 3.8) is 0 Å². The summed E-state index contributed by atoms with van der Waals surface area (Å²) in [6.45, 7) is 3.10. The predicted octanol–water partition coefficient (Wildman–Crippen LogP) is 3.75. The molecule has 1 N–H and O–H groups in total. The van der Waals surface area contributed by atoms with Crippen LogP contribution in [0.15, 0.2) is 23.0 Å². The van der Waals surface area contributed by atoms with E-state index in [9.17, 15) is 0 Å². The van der Waals surface area contributed by atoms with E-state index in [1.165, 1.54) is 4.88 Å². The van der Waals surface area contributed by atoms with Gasteiger partial charge >= 0.3 is 0 Å². The van der Waals surface area contributed by atoms with Gasteiger partial charge in [0.1, 0.15) is 0 Å². The van der Waals surface area contributed by atoms with Crippen LogP contribution in [0.2, 0.25) is 4.34 Å². The number of rotatable bonds is 5. The molecule has 2 rings (SSSR count). The van der Waals surface area contributed by atoms with Gasteiger partial charge in [0.25, 0.3) is 0 Å². The van der Waals surface area contributed by atoms with Crippen LogP contribution in [-0.4, -0.2) is 11.5 Å². The van der Waals surface area contributed by atoms with Crippen molar-refractivity contribution in [3.05, 3.63) is 37.9 Å². The largest absolute Gasteiger partial charge is 0.309 e. The van der Waals surface area contributed by atoms with Gasteiger partial charge in [0.15, 0.2) is 0 Å². The van der Waals surface area contributed by atoms with Gasteiger partial charge in [-0.05, 0) is 19.1 Å². The maximum absolute atomic E-state index is 5.90. The molecule has 0 aromatic carbocycles. The van der Waals surface area contributed by atoms with Crippen LogP contribution in [0.5, 0.6) is 0 Å². The van der Waals surface area contributed by atoms with Gasteiger partial charge in [-0.25, -0.2) is 4.98 Å². The normalized spacial score (nSPS) is 12.9. The molecule has 0 saturated heterocycles. The Morgan fingerprint density at radius 2 is 2.38 bits per heavy atom. The second kappa shape index (κ2) is 5.77. The minimum atomic E-state index is 0.358. The summed E-state index contributed by atoms with van der Waals surface area (Å²) in [5.74, 6) is 0. The lowest BCUT2D eigenvalue weighted by Crippen LogP contribution is -2.20. The fourth-order valence-corrected chi connectivity index (χ4v) is 3.12. The highest BCUT2D eigenvalue weighted by Crippen LogP contribution is 2.26. The van der Waals surface area contributed by atoms with E-state index in [1.807, 2.05) is 11.6 Å². The lowest BCUT2D eigenvalue weighted by Gasteiger charge is -2.10. The van der Waals surface area contributed by atoms with E-state index in [0.717, 1.165) is 23.0 Å². The number of hydrogen-bond donors (Lipinski definition) is 1. The smallest absolute Gasteiger partial charge is 0.0931 e. The van der Waals surface area contributed by atoms with Crippen LogP contribution < -0.4 is 5.32 Å². The van der Waals surface area contributed by atoms with Gasteiger partial charge in [-0.3, -0.25) is 0 Å². The molecule has 0 saturated carbocycles. The predicted molar refractivity (Wildman–Crippen MR) is 71.6 cm³/mol. The van der Waals surface area contributed by atoms with E-state index in [1.54, 1.807) is 22.7 Å². The number of aromatic nitrogens is 1. The molecule has 16 heavy (non-hydrogen) atoms. The third-order valence-corrected chi connectivity index (χ3v) is 4.39. The van der Waals surface area contributed by atoms with E-state index in [2.05, 4.69) is 28.7 Å². The summed E-state index contributed by atoms with van der Waals surface area (Å²) in [4.78, 5) is 5.53. The van der Waals surface area contributed by atoms with Gasteiger partial charge in [0, 0.05) is 29.3 Å². The summed E-state index contributed by atoms with van der Waals surface area (Å²) in [6, 6.07) is 4.38. The first-order valence-electron chi connectivity index (χ1n) is 5.11. The first kappa shape index (κ1) is 12.0. The minimum Gasteiger partial charge on any atom is -0.309 e. The molecule has 1 atom stereocenters. The third-order valence-electron chi connectivity index (χ3n) is 2.34. The van der Waals surface area contributed by atoms with Gasteiger partial charge in [-0.1, -0.05) is 11.6 Å². The van der Waals surface area contributed by atoms with Crippen LogP contribution in [0, 0.1) is 0 Å². The van der Waals surface area contributed by atoms with Crippen molar-refractivity contribution in [2.45, 2.75) is 19.4 Å². The van der Waals surface area contributed by atoms with E-state index in [-0.39, 0.29) is 0 Å². The van der Waals surface area contributed by atoms with Crippen LogP contribution in [0.3, 0.4) is 0 Å². The summed E-state index contributed by atoms with van der Waals surface area (Å²) in [5.41, 5.74) is 3.03. The van der Waals surface area contributed by atoms with Crippen molar-refractivity contribution in [2.75, 3.05) is 6.54 Å². The van der Waals surface area contributed by atoms with Crippen LogP contribution in [0.25, 0.3) is 0 Å². The van der Waals surface area contributed by atoms with Crippen molar-refractivity contribution < 1.29 is 0 Å². The number of thiazole rings is 1. The molecule has 1 unspecified atom stereocenters. The van der Waals surface area contributed by atoms with Crippen LogP contribution >= 0.6 is 34.3 Å². The van der Waals surface area contributed by atoms with Crippen molar-refractivity contribution in [1.82, 2.24) is 10.3 Å². The molecule has 5 heteroatoms. The van der Waals surface area contributed by atoms with Gasteiger partial charge in [0.05, 0.1) is 15.5 Å². The van der Waals surface area contributed by atoms with Crippen LogP contribution in [-0.2, 0) is 6.42 Å². The number of thiophene rings is 1. The first-order chi connectivity index (χ1) is 7.75. The lowest BCUT2D eigenvalue weighted by atomic mass is 10.2. The molecule has 0 amide bonds. The third kappa shape index (κ3) is 3.28. The first-order valence-corrected chi connectivity index (χ1v) is 7.25. The Morgan fingerprint density at radius 3 is 3.00 bits per heavy atom. The molecule has 2 nitrogen and oxygen atoms in total. The van der Waals surface area contributed by atoms with E-state index >= 15 is 0 Å². The van der Waals surface area contributed by atoms with Crippen molar-refractivity contribution >= 4 is 34.3 Å². The molecule has 0 spiro atoms. The summed E-state index contributed by atoms with van der Waals surface area (Å²) in [6.07, 6.45) is 0.979. The van der Waals surface area contributed by atoms with E-state index in [0.29, 0.717) is 6.04 Å². The Morgan fingerprint density at radius 1 is 1.50 bits per heavy atom. The molecule has 2 aromatic heterocycles. The van der Waals surface area contributed by atoms with Gasteiger partial charge < -0.3 is 5.32 Å².